The molecule has 0 aromatic carbocycles. The lowest BCUT2D eigenvalue weighted by Crippen LogP contribution is -2.45. The van der Waals surface area contributed by atoms with Crippen LogP contribution in [0.5, 0.6) is 0 Å². The molecule has 1 heterocycles. The average molecular weight is 267 g/mol. The maximum atomic E-state index is 5.48. The van der Waals surface area contributed by atoms with Crippen LogP contribution in [-0.4, -0.2) is 23.5 Å². The number of nitrogens with one attached hydrogen (secondary N) is 2. The lowest BCUT2D eigenvalue weighted by molar-refractivity contribution is 0.614. The molecule has 0 amide bonds. The Hall–Kier alpha value is -1.14. The van der Waals surface area contributed by atoms with Gasteiger partial charge in [0.25, 0.3) is 0 Å². The summed E-state index contributed by atoms with van der Waals surface area (Å²) in [4.78, 5) is 8.86. The highest BCUT2D eigenvalue weighted by Crippen LogP contribution is 2.17. The number of thiazole rings is 1. The summed E-state index contributed by atoms with van der Waals surface area (Å²) >= 11 is 1.68. The predicted octanol–water partition coefficient (Wildman–Crippen LogP) is 1.35. The molecule has 0 radical (unpaired) electrons. The fraction of sp³-hybridized carbons (Fsp3) is 0.667. The van der Waals surface area contributed by atoms with Gasteiger partial charge in [-0.05, 0) is 19.8 Å². The Morgan fingerprint density at radius 2 is 2.33 bits per heavy atom. The summed E-state index contributed by atoms with van der Waals surface area (Å²) < 4.78 is 0. The molecule has 18 heavy (non-hydrogen) atoms. The lowest BCUT2D eigenvalue weighted by atomic mass is 10.2. The van der Waals surface area contributed by atoms with Crippen LogP contribution in [0.1, 0.15) is 36.4 Å². The van der Waals surface area contributed by atoms with Crippen molar-refractivity contribution in [1.29, 1.82) is 0 Å². The molecule has 1 aromatic heterocycles. The Bertz CT molecular complexity index is 395. The molecular weight excluding hydrogens is 246 g/mol. The van der Waals surface area contributed by atoms with Crippen molar-refractivity contribution in [2.45, 2.75) is 45.1 Å². The molecule has 0 bridgehead atoms. The summed E-state index contributed by atoms with van der Waals surface area (Å²) in [5.74, 6) is 6.18. The summed E-state index contributed by atoms with van der Waals surface area (Å²) in [6.07, 6.45) is 5.89. The van der Waals surface area contributed by atoms with Gasteiger partial charge in [0.2, 0.25) is 5.96 Å². The van der Waals surface area contributed by atoms with Crippen molar-refractivity contribution in [2.75, 3.05) is 6.54 Å². The number of hydrazine groups is 1. The van der Waals surface area contributed by atoms with Crippen LogP contribution in [0.2, 0.25) is 0 Å². The molecule has 1 fully saturated rings. The van der Waals surface area contributed by atoms with E-state index in [1.165, 1.54) is 25.7 Å². The second-order valence-electron chi connectivity index (χ2n) is 4.61. The van der Waals surface area contributed by atoms with Crippen molar-refractivity contribution in [2.24, 2.45) is 10.8 Å². The second kappa shape index (κ2) is 6.70. The fourth-order valence-corrected chi connectivity index (χ4v) is 2.85. The standard InChI is InChI=1S/C12H21N5S/c1-9-15-11(8-18-9)6-7-14-12(17-13)16-10-4-2-3-5-10/h8,10H,2-7,13H2,1H3,(H2,14,16,17). The molecule has 6 heteroatoms. The Morgan fingerprint density at radius 3 is 2.94 bits per heavy atom. The van der Waals surface area contributed by atoms with Gasteiger partial charge in [0, 0.05) is 24.4 Å². The van der Waals surface area contributed by atoms with E-state index in [0.29, 0.717) is 18.5 Å². The van der Waals surface area contributed by atoms with E-state index in [4.69, 9.17) is 5.84 Å². The van der Waals surface area contributed by atoms with Crippen LogP contribution in [0.25, 0.3) is 0 Å². The van der Waals surface area contributed by atoms with Crippen molar-refractivity contribution in [3.05, 3.63) is 16.1 Å². The highest BCUT2D eigenvalue weighted by Gasteiger charge is 2.15. The average Bonchev–Trinajstić information content (AvgIpc) is 3.00. The van der Waals surface area contributed by atoms with Crippen LogP contribution in [0.4, 0.5) is 0 Å². The first-order chi connectivity index (χ1) is 8.78. The molecule has 2 rings (SSSR count). The fourth-order valence-electron chi connectivity index (χ4n) is 2.20. The molecule has 1 aromatic rings. The molecule has 5 nitrogen and oxygen atoms in total. The Morgan fingerprint density at radius 1 is 1.56 bits per heavy atom. The van der Waals surface area contributed by atoms with Crippen LogP contribution in [0, 0.1) is 6.92 Å². The number of aliphatic imine (C=N–C) groups is 1. The molecule has 4 N–H and O–H groups in total. The first-order valence-corrected chi connectivity index (χ1v) is 7.34. The minimum Gasteiger partial charge on any atom is -0.353 e. The quantitative estimate of drug-likeness (QED) is 0.333. The summed E-state index contributed by atoms with van der Waals surface area (Å²) in [6, 6.07) is 0.529. The van der Waals surface area contributed by atoms with Crippen molar-refractivity contribution in [1.82, 2.24) is 15.7 Å². The highest BCUT2D eigenvalue weighted by molar-refractivity contribution is 7.09. The zero-order valence-corrected chi connectivity index (χ0v) is 11.6. The van der Waals surface area contributed by atoms with Crippen molar-refractivity contribution in [3.63, 3.8) is 0 Å². The van der Waals surface area contributed by atoms with Crippen LogP contribution in [0.3, 0.4) is 0 Å². The van der Waals surface area contributed by atoms with Gasteiger partial charge in [0.15, 0.2) is 0 Å². The molecule has 0 aliphatic heterocycles. The van der Waals surface area contributed by atoms with E-state index in [1.807, 2.05) is 6.92 Å². The van der Waals surface area contributed by atoms with Gasteiger partial charge in [-0.15, -0.1) is 11.3 Å². The smallest absolute Gasteiger partial charge is 0.205 e. The van der Waals surface area contributed by atoms with Gasteiger partial charge in [-0.2, -0.15) is 0 Å². The van der Waals surface area contributed by atoms with E-state index in [9.17, 15) is 0 Å². The summed E-state index contributed by atoms with van der Waals surface area (Å²) in [7, 11) is 0. The molecule has 0 unspecified atom stereocenters. The number of hydrogen-bond acceptors (Lipinski definition) is 4. The van der Waals surface area contributed by atoms with Gasteiger partial charge < -0.3 is 5.32 Å². The number of rotatable bonds is 4. The first-order valence-electron chi connectivity index (χ1n) is 6.46. The van der Waals surface area contributed by atoms with E-state index >= 15 is 0 Å². The van der Waals surface area contributed by atoms with Crippen molar-refractivity contribution in [3.8, 4) is 0 Å². The minimum absolute atomic E-state index is 0.529. The normalized spacial score (nSPS) is 17.1. The Balaban J connectivity index is 1.78. The predicted molar refractivity (Wildman–Crippen MR) is 75.6 cm³/mol. The summed E-state index contributed by atoms with van der Waals surface area (Å²) in [6.45, 7) is 2.73. The van der Waals surface area contributed by atoms with E-state index in [2.05, 4.69) is 26.1 Å². The van der Waals surface area contributed by atoms with Crippen molar-refractivity contribution >= 4 is 17.3 Å². The molecule has 1 saturated carbocycles. The Labute approximate surface area is 112 Å². The van der Waals surface area contributed by atoms with Gasteiger partial charge in [0.1, 0.15) is 0 Å². The summed E-state index contributed by atoms with van der Waals surface area (Å²) in [5.41, 5.74) is 3.75. The molecular formula is C12H21N5S. The van der Waals surface area contributed by atoms with E-state index in [0.717, 1.165) is 17.1 Å². The third kappa shape index (κ3) is 3.96. The van der Waals surface area contributed by atoms with Gasteiger partial charge in [0.05, 0.1) is 10.7 Å². The molecule has 1 aliphatic carbocycles. The molecule has 0 atom stereocenters. The van der Waals surface area contributed by atoms with Crippen molar-refractivity contribution < 1.29 is 0 Å². The SMILES string of the molecule is Cc1nc(CCN=C(NN)NC2CCCC2)cs1. The number of aromatic nitrogens is 1. The minimum atomic E-state index is 0.529. The largest absolute Gasteiger partial charge is 0.353 e. The van der Waals surface area contributed by atoms with Gasteiger partial charge >= 0.3 is 0 Å². The zero-order chi connectivity index (χ0) is 12.8. The van der Waals surface area contributed by atoms with Gasteiger partial charge in [-0.3, -0.25) is 10.4 Å². The monoisotopic (exact) mass is 267 g/mol. The van der Waals surface area contributed by atoms with Crippen LogP contribution >= 0.6 is 11.3 Å². The maximum absolute atomic E-state index is 5.48. The third-order valence-electron chi connectivity index (χ3n) is 3.14. The lowest BCUT2D eigenvalue weighted by Gasteiger charge is -2.14. The number of nitrogens with two attached hydrogens (primary N) is 1. The maximum Gasteiger partial charge on any atom is 0.205 e. The van der Waals surface area contributed by atoms with Gasteiger partial charge in [-0.25, -0.2) is 10.8 Å². The number of nitrogens with zero attached hydrogens (tertiary/aromatic N) is 2. The van der Waals surface area contributed by atoms with Crippen LogP contribution in [-0.2, 0) is 6.42 Å². The van der Waals surface area contributed by atoms with E-state index in [-0.39, 0.29) is 0 Å². The van der Waals surface area contributed by atoms with Crippen LogP contribution < -0.4 is 16.6 Å². The van der Waals surface area contributed by atoms with Gasteiger partial charge in [-0.1, -0.05) is 12.8 Å². The topological polar surface area (TPSA) is 75.3 Å². The number of hydrogen-bond donors (Lipinski definition) is 3. The van der Waals surface area contributed by atoms with Crippen LogP contribution in [0.15, 0.2) is 10.4 Å². The third-order valence-corrected chi connectivity index (χ3v) is 3.96. The Kier molecular flexibility index (Phi) is 4.95. The van der Waals surface area contributed by atoms with E-state index in [1.54, 1.807) is 11.3 Å². The van der Waals surface area contributed by atoms with E-state index < -0.39 is 0 Å². The molecule has 0 spiro atoms. The number of guanidine groups is 1. The zero-order valence-electron chi connectivity index (χ0n) is 10.8. The highest BCUT2D eigenvalue weighted by atomic mass is 32.1. The first kappa shape index (κ1) is 13.3. The molecule has 100 valence electrons. The summed E-state index contributed by atoms with van der Waals surface area (Å²) in [5, 5.41) is 6.55. The molecule has 1 aliphatic rings. The molecule has 0 saturated heterocycles. The second-order valence-corrected chi connectivity index (χ2v) is 5.67. The number of aryl methyl sites for hydroxylation is 1.